The van der Waals surface area contributed by atoms with Gasteiger partial charge in [-0.25, -0.2) is 0 Å². The van der Waals surface area contributed by atoms with Crippen LogP contribution >= 0.6 is 0 Å². The van der Waals surface area contributed by atoms with Gasteiger partial charge in [0.2, 0.25) is 0 Å². The van der Waals surface area contributed by atoms with Gasteiger partial charge in [-0.3, -0.25) is 19.7 Å². The minimum absolute atomic E-state index is 0.0299. The number of aliphatic hydroxyl groups excluding tert-OH is 1. The summed E-state index contributed by atoms with van der Waals surface area (Å²) in [4.78, 5) is 40.3. The van der Waals surface area contributed by atoms with E-state index in [0.29, 0.717) is 54.5 Å². The number of benzene rings is 2. The zero-order valence-electron chi connectivity index (χ0n) is 21.4. The first-order chi connectivity index (χ1) is 17.0. The SMILES string of the molecule is Cc1cc(OCC(C)C)ccc1/C(O)=C1\C(=O)C(=O)N(CCCN(C)C)[C@@H]1c1ccc([N+](=O)[O-])cc1. The zero-order chi connectivity index (χ0) is 26.6. The standard InChI is InChI=1S/C27H33N3O6/c1-17(2)16-36-21-11-12-22(18(3)15-21)25(31)23-24(19-7-9-20(10-8-19)30(34)35)29(27(33)26(23)32)14-6-13-28(4)5/h7-12,15,17,24,31H,6,13-14,16H2,1-5H3/b25-23+/t24-/m1/s1. The minimum Gasteiger partial charge on any atom is -0.507 e. The number of carbonyl (C=O) groups is 2. The summed E-state index contributed by atoms with van der Waals surface area (Å²) in [6.07, 6.45) is 0.616. The van der Waals surface area contributed by atoms with Crippen molar-refractivity contribution in [1.29, 1.82) is 0 Å². The molecule has 36 heavy (non-hydrogen) atoms. The Morgan fingerprint density at radius 1 is 1.17 bits per heavy atom. The lowest BCUT2D eigenvalue weighted by molar-refractivity contribution is -0.384. The normalized spacial score (nSPS) is 17.3. The van der Waals surface area contributed by atoms with Crippen molar-refractivity contribution in [3.8, 4) is 5.75 Å². The molecule has 1 amide bonds. The molecule has 2 aromatic carbocycles. The van der Waals surface area contributed by atoms with Crippen molar-refractivity contribution in [2.75, 3.05) is 33.8 Å². The Bertz CT molecular complexity index is 1170. The molecule has 0 saturated carbocycles. The molecule has 0 unspecified atom stereocenters. The fourth-order valence-corrected chi connectivity index (χ4v) is 4.19. The molecular formula is C27H33N3O6. The molecule has 192 valence electrons. The van der Waals surface area contributed by atoms with Crippen molar-refractivity contribution in [2.45, 2.75) is 33.2 Å². The van der Waals surface area contributed by atoms with Crippen LogP contribution in [0.2, 0.25) is 0 Å². The molecule has 0 spiro atoms. The molecule has 9 heteroatoms. The molecule has 0 aromatic heterocycles. The molecule has 1 aliphatic rings. The highest BCUT2D eigenvalue weighted by atomic mass is 16.6. The Hall–Kier alpha value is -3.72. The summed E-state index contributed by atoms with van der Waals surface area (Å²) in [5.41, 5.74) is 1.50. The van der Waals surface area contributed by atoms with Crippen molar-refractivity contribution < 1.29 is 24.4 Å². The van der Waals surface area contributed by atoms with Gasteiger partial charge < -0.3 is 19.6 Å². The Kier molecular flexibility index (Phi) is 8.47. The molecule has 0 radical (unpaired) electrons. The summed E-state index contributed by atoms with van der Waals surface area (Å²) in [6.45, 7) is 7.43. The lowest BCUT2D eigenvalue weighted by Crippen LogP contribution is -2.32. The van der Waals surface area contributed by atoms with Gasteiger partial charge in [-0.05, 0) is 81.4 Å². The van der Waals surface area contributed by atoms with E-state index in [1.165, 1.54) is 29.2 Å². The van der Waals surface area contributed by atoms with Gasteiger partial charge in [0.05, 0.1) is 23.1 Å². The van der Waals surface area contributed by atoms with Gasteiger partial charge in [0.25, 0.3) is 17.4 Å². The van der Waals surface area contributed by atoms with Gasteiger partial charge >= 0.3 is 0 Å². The third-order valence-electron chi connectivity index (χ3n) is 6.00. The van der Waals surface area contributed by atoms with Crippen LogP contribution in [0.5, 0.6) is 5.75 Å². The zero-order valence-corrected chi connectivity index (χ0v) is 21.4. The number of amides is 1. The Morgan fingerprint density at radius 3 is 2.39 bits per heavy atom. The van der Waals surface area contributed by atoms with E-state index in [2.05, 4.69) is 0 Å². The largest absolute Gasteiger partial charge is 0.507 e. The lowest BCUT2D eigenvalue weighted by atomic mass is 9.93. The number of aliphatic hydroxyl groups is 1. The van der Waals surface area contributed by atoms with Gasteiger partial charge in [0.15, 0.2) is 0 Å². The number of ether oxygens (including phenoxy) is 1. The maximum atomic E-state index is 13.2. The monoisotopic (exact) mass is 495 g/mol. The highest BCUT2D eigenvalue weighted by Gasteiger charge is 2.46. The van der Waals surface area contributed by atoms with Gasteiger partial charge in [-0.15, -0.1) is 0 Å². The lowest BCUT2D eigenvalue weighted by Gasteiger charge is -2.26. The van der Waals surface area contributed by atoms with Crippen LogP contribution in [0.1, 0.15) is 43.0 Å². The highest BCUT2D eigenvalue weighted by molar-refractivity contribution is 6.46. The molecule has 1 saturated heterocycles. The number of non-ortho nitro benzene ring substituents is 1. The van der Waals surface area contributed by atoms with E-state index >= 15 is 0 Å². The first-order valence-electron chi connectivity index (χ1n) is 11.9. The number of hydrogen-bond acceptors (Lipinski definition) is 7. The molecule has 1 fully saturated rings. The van der Waals surface area contributed by atoms with E-state index in [9.17, 15) is 24.8 Å². The van der Waals surface area contributed by atoms with Crippen molar-refractivity contribution in [3.05, 3.63) is 74.8 Å². The average molecular weight is 496 g/mol. The van der Waals surface area contributed by atoms with Crippen LogP contribution in [0.25, 0.3) is 5.76 Å². The second kappa shape index (κ2) is 11.3. The first-order valence-corrected chi connectivity index (χ1v) is 11.9. The number of carbonyl (C=O) groups excluding carboxylic acids is 2. The van der Waals surface area contributed by atoms with Crippen LogP contribution in [0, 0.1) is 23.0 Å². The number of Topliss-reactive ketones (excluding diaryl/α,β-unsaturated/α-hetero) is 1. The molecule has 2 aromatic rings. The van der Waals surface area contributed by atoms with Crippen LogP contribution in [-0.2, 0) is 9.59 Å². The van der Waals surface area contributed by atoms with Gasteiger partial charge in [0.1, 0.15) is 11.5 Å². The summed E-state index contributed by atoms with van der Waals surface area (Å²) < 4.78 is 5.76. The van der Waals surface area contributed by atoms with Crippen LogP contribution in [0.15, 0.2) is 48.0 Å². The average Bonchev–Trinajstić information content (AvgIpc) is 3.07. The molecule has 1 heterocycles. The van der Waals surface area contributed by atoms with Crippen molar-refractivity contribution >= 4 is 23.1 Å². The van der Waals surface area contributed by atoms with Crippen molar-refractivity contribution in [3.63, 3.8) is 0 Å². The van der Waals surface area contributed by atoms with Crippen molar-refractivity contribution in [1.82, 2.24) is 9.80 Å². The molecule has 1 atom stereocenters. The highest BCUT2D eigenvalue weighted by Crippen LogP contribution is 2.40. The summed E-state index contributed by atoms with van der Waals surface area (Å²) in [5, 5.41) is 22.5. The van der Waals surface area contributed by atoms with Crippen LogP contribution in [-0.4, -0.2) is 65.3 Å². The van der Waals surface area contributed by atoms with Crippen molar-refractivity contribution in [2.24, 2.45) is 5.92 Å². The van der Waals surface area contributed by atoms with E-state index in [1.807, 2.05) is 32.8 Å². The van der Waals surface area contributed by atoms with E-state index in [-0.39, 0.29) is 17.0 Å². The Morgan fingerprint density at radius 2 is 1.83 bits per heavy atom. The number of ketones is 1. The summed E-state index contributed by atoms with van der Waals surface area (Å²) >= 11 is 0. The summed E-state index contributed by atoms with van der Waals surface area (Å²) in [7, 11) is 3.83. The third-order valence-corrected chi connectivity index (χ3v) is 6.00. The Labute approximate surface area is 211 Å². The number of nitrogens with zero attached hydrogens (tertiary/aromatic N) is 3. The molecule has 1 N–H and O–H groups in total. The van der Waals surface area contributed by atoms with Gasteiger partial charge in [-0.1, -0.05) is 13.8 Å². The predicted octanol–water partition coefficient (Wildman–Crippen LogP) is 4.31. The third kappa shape index (κ3) is 5.91. The van der Waals surface area contributed by atoms with E-state index in [0.717, 1.165) is 0 Å². The second-order valence-corrected chi connectivity index (χ2v) is 9.68. The fourth-order valence-electron chi connectivity index (χ4n) is 4.19. The minimum atomic E-state index is -0.857. The molecular weight excluding hydrogens is 462 g/mol. The topological polar surface area (TPSA) is 113 Å². The fraction of sp³-hybridized carbons (Fsp3) is 0.407. The van der Waals surface area contributed by atoms with E-state index in [1.54, 1.807) is 25.1 Å². The smallest absolute Gasteiger partial charge is 0.295 e. The number of nitro groups is 1. The van der Waals surface area contributed by atoms with Crippen LogP contribution in [0.4, 0.5) is 5.69 Å². The quantitative estimate of drug-likeness (QED) is 0.172. The molecule has 9 nitrogen and oxygen atoms in total. The van der Waals surface area contributed by atoms with Crippen LogP contribution in [0.3, 0.4) is 0 Å². The number of nitro benzene ring substituents is 1. The van der Waals surface area contributed by atoms with Gasteiger partial charge in [-0.2, -0.15) is 0 Å². The number of aryl methyl sites for hydroxylation is 1. The van der Waals surface area contributed by atoms with Crippen LogP contribution < -0.4 is 4.74 Å². The summed E-state index contributed by atoms with van der Waals surface area (Å²) in [5.74, 6) is -0.759. The predicted molar refractivity (Wildman–Crippen MR) is 137 cm³/mol. The maximum Gasteiger partial charge on any atom is 0.295 e. The Balaban J connectivity index is 2.07. The second-order valence-electron chi connectivity index (χ2n) is 9.68. The van der Waals surface area contributed by atoms with E-state index in [4.69, 9.17) is 4.74 Å². The summed E-state index contributed by atoms with van der Waals surface area (Å²) in [6, 6.07) is 10.0. The van der Waals surface area contributed by atoms with Gasteiger partial charge in [0, 0.05) is 24.2 Å². The first kappa shape index (κ1) is 26.9. The number of rotatable bonds is 10. The molecule has 0 bridgehead atoms. The molecule has 1 aliphatic heterocycles. The van der Waals surface area contributed by atoms with E-state index < -0.39 is 22.7 Å². The molecule has 3 rings (SSSR count). The maximum absolute atomic E-state index is 13.2. The molecule has 0 aliphatic carbocycles. The number of likely N-dealkylation sites (tertiary alicyclic amines) is 1. The number of hydrogen-bond donors (Lipinski definition) is 1.